The van der Waals surface area contributed by atoms with Crippen LogP contribution in [-0.4, -0.2) is 20.6 Å². The zero-order chi connectivity index (χ0) is 20.3. The molecule has 0 fully saturated rings. The van der Waals surface area contributed by atoms with E-state index in [0.29, 0.717) is 5.69 Å². The molecule has 0 unspecified atom stereocenters. The predicted molar refractivity (Wildman–Crippen MR) is 110 cm³/mol. The van der Waals surface area contributed by atoms with E-state index in [0.717, 1.165) is 22.6 Å². The van der Waals surface area contributed by atoms with E-state index in [1.54, 1.807) is 6.92 Å². The van der Waals surface area contributed by atoms with Crippen LogP contribution in [0.1, 0.15) is 18.9 Å². The number of benzene rings is 3. The first-order valence-electron chi connectivity index (χ1n) is 8.83. The number of hydrogen-bond acceptors (Lipinski definition) is 3. The Kier molecular flexibility index (Phi) is 5.65. The maximum atomic E-state index is 14.4. The smallest absolute Gasteiger partial charge is 0.229 e. The third-order valence-corrected chi connectivity index (χ3v) is 4.96. The second-order valence-corrected chi connectivity index (χ2v) is 8.26. The number of fused-ring (bicyclic) bond motifs is 1. The van der Waals surface area contributed by atoms with Crippen LogP contribution in [0.4, 0.5) is 15.8 Å². The highest BCUT2D eigenvalue weighted by molar-refractivity contribution is 7.92. The number of carbonyl (C=O) groups excluding carboxylic acids is 1. The van der Waals surface area contributed by atoms with E-state index in [2.05, 4.69) is 4.72 Å². The molecule has 0 saturated heterocycles. The Balaban J connectivity index is 1.99. The summed E-state index contributed by atoms with van der Waals surface area (Å²) in [6, 6.07) is 17.8. The third-order valence-electron chi connectivity index (χ3n) is 4.37. The summed E-state index contributed by atoms with van der Waals surface area (Å²) in [4.78, 5) is 14.1. The molecule has 0 bridgehead atoms. The third kappa shape index (κ3) is 4.48. The monoisotopic (exact) mass is 400 g/mol. The van der Waals surface area contributed by atoms with Gasteiger partial charge in [-0.05, 0) is 34.5 Å². The molecule has 3 aromatic rings. The molecule has 0 heterocycles. The Labute approximate surface area is 163 Å². The van der Waals surface area contributed by atoms with Crippen molar-refractivity contribution >= 4 is 38.1 Å². The van der Waals surface area contributed by atoms with Crippen LogP contribution < -0.4 is 9.62 Å². The van der Waals surface area contributed by atoms with Crippen LogP contribution in [0, 0.1) is 5.82 Å². The molecule has 0 radical (unpaired) electrons. The fraction of sp³-hybridized carbons (Fsp3) is 0.190. The number of halogens is 1. The maximum Gasteiger partial charge on any atom is 0.229 e. The zero-order valence-corrected chi connectivity index (χ0v) is 16.5. The fourth-order valence-corrected chi connectivity index (χ4v) is 3.63. The summed E-state index contributed by atoms with van der Waals surface area (Å²) in [5.74, 6) is -0.897. The lowest BCUT2D eigenvalue weighted by Crippen LogP contribution is -2.29. The number of rotatable bonds is 6. The first-order valence-corrected chi connectivity index (χ1v) is 10.7. The van der Waals surface area contributed by atoms with Crippen molar-refractivity contribution in [3.05, 3.63) is 72.0 Å². The van der Waals surface area contributed by atoms with Crippen LogP contribution >= 0.6 is 0 Å². The molecule has 7 heteroatoms. The van der Waals surface area contributed by atoms with Crippen molar-refractivity contribution in [3.8, 4) is 0 Å². The highest BCUT2D eigenvalue weighted by Gasteiger charge is 2.18. The number of nitrogens with zero attached hydrogens (tertiary/aromatic N) is 1. The van der Waals surface area contributed by atoms with E-state index in [1.165, 1.54) is 23.1 Å². The molecule has 3 rings (SSSR count). The minimum Gasteiger partial charge on any atom is -0.308 e. The van der Waals surface area contributed by atoms with Gasteiger partial charge in [0.2, 0.25) is 15.9 Å². The predicted octanol–water partition coefficient (Wildman–Crippen LogP) is 4.29. The van der Waals surface area contributed by atoms with Crippen molar-refractivity contribution in [2.45, 2.75) is 19.9 Å². The number of sulfonamides is 1. The van der Waals surface area contributed by atoms with Gasteiger partial charge in [0, 0.05) is 12.1 Å². The summed E-state index contributed by atoms with van der Waals surface area (Å²) < 4.78 is 39.3. The number of amides is 1. The summed E-state index contributed by atoms with van der Waals surface area (Å²) in [7, 11) is -3.60. The Bertz CT molecular complexity index is 1120. The lowest BCUT2D eigenvalue weighted by Gasteiger charge is -2.24. The maximum absolute atomic E-state index is 14.4. The molecular weight excluding hydrogens is 379 g/mol. The Morgan fingerprint density at radius 1 is 1.07 bits per heavy atom. The minimum absolute atomic E-state index is 0.152. The first-order chi connectivity index (χ1) is 13.3. The van der Waals surface area contributed by atoms with Crippen LogP contribution in [-0.2, 0) is 21.4 Å². The molecule has 1 amide bonds. The van der Waals surface area contributed by atoms with Crippen LogP contribution in [0.15, 0.2) is 60.7 Å². The standard InChI is InChI=1S/C21H21FN2O3S/c1-3-21(25)24(14-16-9-6-8-15-7-4-5-10-18(15)16)17-11-12-20(19(22)13-17)23-28(2,26)27/h4-13,23H,3,14H2,1-2H3. The van der Waals surface area contributed by atoms with Crippen LogP contribution in [0.3, 0.4) is 0 Å². The molecule has 0 saturated carbocycles. The normalized spacial score (nSPS) is 11.4. The SMILES string of the molecule is CCC(=O)N(Cc1cccc2ccccc12)c1ccc(NS(C)(=O)=O)c(F)c1. The van der Waals surface area contributed by atoms with Gasteiger partial charge in [0.15, 0.2) is 0 Å². The average molecular weight is 400 g/mol. The van der Waals surface area contributed by atoms with Gasteiger partial charge in [0.25, 0.3) is 0 Å². The molecular formula is C21H21FN2O3S. The highest BCUT2D eigenvalue weighted by Crippen LogP contribution is 2.27. The Morgan fingerprint density at radius 2 is 1.79 bits per heavy atom. The zero-order valence-electron chi connectivity index (χ0n) is 15.6. The van der Waals surface area contributed by atoms with Crippen LogP contribution in [0.2, 0.25) is 0 Å². The summed E-state index contributed by atoms with van der Waals surface area (Å²) in [6.45, 7) is 2.03. The van der Waals surface area contributed by atoms with E-state index >= 15 is 0 Å². The quantitative estimate of drug-likeness (QED) is 0.671. The highest BCUT2D eigenvalue weighted by atomic mass is 32.2. The second kappa shape index (κ2) is 7.98. The lowest BCUT2D eigenvalue weighted by atomic mass is 10.0. The summed E-state index contributed by atoms with van der Waals surface area (Å²) in [5.41, 5.74) is 1.16. The molecule has 5 nitrogen and oxygen atoms in total. The number of hydrogen-bond donors (Lipinski definition) is 1. The first kappa shape index (κ1) is 19.8. The van der Waals surface area contributed by atoms with E-state index < -0.39 is 15.8 Å². The molecule has 146 valence electrons. The molecule has 0 spiro atoms. The molecule has 0 aliphatic rings. The Morgan fingerprint density at radius 3 is 2.46 bits per heavy atom. The molecule has 1 N–H and O–H groups in total. The van der Waals surface area contributed by atoms with E-state index in [-0.39, 0.29) is 24.6 Å². The fourth-order valence-electron chi connectivity index (χ4n) is 3.07. The summed E-state index contributed by atoms with van der Waals surface area (Å²) in [6.07, 6.45) is 1.21. The van der Waals surface area contributed by atoms with Gasteiger partial charge in [-0.1, -0.05) is 49.4 Å². The van der Waals surface area contributed by atoms with Crippen molar-refractivity contribution < 1.29 is 17.6 Å². The van der Waals surface area contributed by atoms with Gasteiger partial charge in [-0.25, -0.2) is 12.8 Å². The molecule has 3 aromatic carbocycles. The van der Waals surface area contributed by atoms with Gasteiger partial charge in [0.1, 0.15) is 5.82 Å². The van der Waals surface area contributed by atoms with E-state index in [1.807, 2.05) is 42.5 Å². The van der Waals surface area contributed by atoms with Crippen molar-refractivity contribution in [1.82, 2.24) is 0 Å². The van der Waals surface area contributed by atoms with Crippen LogP contribution in [0.25, 0.3) is 10.8 Å². The van der Waals surface area contributed by atoms with Crippen molar-refractivity contribution in [2.75, 3.05) is 15.9 Å². The average Bonchev–Trinajstić information content (AvgIpc) is 2.66. The lowest BCUT2D eigenvalue weighted by molar-refractivity contribution is -0.118. The molecule has 0 aromatic heterocycles. The van der Waals surface area contributed by atoms with Gasteiger partial charge in [-0.2, -0.15) is 0 Å². The van der Waals surface area contributed by atoms with E-state index in [4.69, 9.17) is 0 Å². The summed E-state index contributed by atoms with van der Waals surface area (Å²) >= 11 is 0. The molecule has 28 heavy (non-hydrogen) atoms. The van der Waals surface area contributed by atoms with Gasteiger partial charge in [0.05, 0.1) is 18.5 Å². The van der Waals surface area contributed by atoms with Crippen LogP contribution in [0.5, 0.6) is 0 Å². The topological polar surface area (TPSA) is 66.5 Å². The van der Waals surface area contributed by atoms with Gasteiger partial charge in [-0.15, -0.1) is 0 Å². The molecule has 0 aliphatic heterocycles. The van der Waals surface area contributed by atoms with Crippen molar-refractivity contribution in [2.24, 2.45) is 0 Å². The number of carbonyl (C=O) groups is 1. The molecule has 0 aliphatic carbocycles. The molecule has 0 atom stereocenters. The van der Waals surface area contributed by atoms with Crippen molar-refractivity contribution in [3.63, 3.8) is 0 Å². The number of anilines is 2. The van der Waals surface area contributed by atoms with Gasteiger partial charge >= 0.3 is 0 Å². The largest absolute Gasteiger partial charge is 0.308 e. The second-order valence-electron chi connectivity index (χ2n) is 6.51. The van der Waals surface area contributed by atoms with Gasteiger partial charge in [-0.3, -0.25) is 9.52 Å². The number of nitrogens with one attached hydrogen (secondary N) is 1. The summed E-state index contributed by atoms with van der Waals surface area (Å²) in [5, 5.41) is 2.08. The van der Waals surface area contributed by atoms with Gasteiger partial charge < -0.3 is 4.90 Å². The van der Waals surface area contributed by atoms with Crippen molar-refractivity contribution in [1.29, 1.82) is 0 Å². The van der Waals surface area contributed by atoms with E-state index in [9.17, 15) is 17.6 Å². The minimum atomic E-state index is -3.60. The Hall–Kier alpha value is -2.93.